The average Bonchev–Trinajstić information content (AvgIpc) is 3.21. The van der Waals surface area contributed by atoms with Crippen LogP contribution in [0.15, 0.2) is 18.3 Å². The lowest BCUT2D eigenvalue weighted by Gasteiger charge is -2.39. The molecule has 1 amide bonds. The van der Waals surface area contributed by atoms with Gasteiger partial charge in [0.15, 0.2) is 0 Å². The number of amides is 1. The third-order valence-corrected chi connectivity index (χ3v) is 6.53. The Hall–Kier alpha value is -1.33. The molecule has 25 heavy (non-hydrogen) atoms. The van der Waals surface area contributed by atoms with E-state index in [4.69, 9.17) is 4.74 Å². The lowest BCUT2D eigenvalue weighted by atomic mass is 9.76. The average molecular weight is 345 g/mol. The third kappa shape index (κ3) is 3.49. The second-order valence-electron chi connectivity index (χ2n) is 8.49. The van der Waals surface area contributed by atoms with Gasteiger partial charge in [0.25, 0.3) is 5.91 Å². The molecule has 4 rings (SSSR count). The van der Waals surface area contributed by atoms with Crippen LogP contribution in [0.4, 0.5) is 0 Å². The molecular weight excluding hydrogens is 314 g/mol. The number of piperidine rings is 1. The number of ether oxygens (including phenoxy) is 1. The van der Waals surface area contributed by atoms with Gasteiger partial charge in [-0.3, -0.25) is 4.79 Å². The van der Waals surface area contributed by atoms with Crippen LogP contribution in [0.2, 0.25) is 0 Å². The Morgan fingerprint density at radius 2 is 2.08 bits per heavy atom. The molecule has 3 fully saturated rings. The molecule has 3 heterocycles. The van der Waals surface area contributed by atoms with Crippen molar-refractivity contribution < 1.29 is 9.53 Å². The Balaban J connectivity index is 1.45. The van der Waals surface area contributed by atoms with Crippen molar-refractivity contribution in [3.8, 4) is 0 Å². The van der Waals surface area contributed by atoms with Crippen LogP contribution in [0, 0.1) is 11.3 Å². The second kappa shape index (κ2) is 6.76. The number of carbonyl (C=O) groups excluding carboxylic acids is 1. The van der Waals surface area contributed by atoms with E-state index >= 15 is 0 Å². The molecule has 0 radical (unpaired) electrons. The molecule has 1 aliphatic carbocycles. The first-order valence-electron chi connectivity index (χ1n) is 9.74. The third-order valence-electron chi connectivity index (χ3n) is 6.53. The van der Waals surface area contributed by atoms with E-state index < -0.39 is 0 Å². The monoisotopic (exact) mass is 345 g/mol. The lowest BCUT2D eigenvalue weighted by Crippen LogP contribution is -2.43. The molecule has 1 spiro atoms. The van der Waals surface area contributed by atoms with Crippen LogP contribution in [0.5, 0.6) is 0 Å². The standard InChI is InChI=1S/C20H31N3O2/c1-21-9-3-4-18(21)19(24)23-15-20(12-17(23)14-25-2)7-10-22(11-8-20)13-16-5-6-16/h3-4,9,16-17H,5-8,10-15H2,1-2H3/t17-/m0/s1. The predicted molar refractivity (Wildman–Crippen MR) is 97.6 cm³/mol. The van der Waals surface area contributed by atoms with E-state index in [9.17, 15) is 4.79 Å². The van der Waals surface area contributed by atoms with Gasteiger partial charge in [0, 0.05) is 33.4 Å². The molecule has 0 aromatic carbocycles. The molecule has 3 aliphatic rings. The van der Waals surface area contributed by atoms with Gasteiger partial charge in [-0.05, 0) is 68.7 Å². The first-order valence-corrected chi connectivity index (χ1v) is 9.74. The van der Waals surface area contributed by atoms with Crippen molar-refractivity contribution >= 4 is 5.91 Å². The molecule has 0 bridgehead atoms. The highest BCUT2D eigenvalue weighted by atomic mass is 16.5. The summed E-state index contributed by atoms with van der Waals surface area (Å²) in [6.07, 6.45) is 8.33. The normalized spacial score (nSPS) is 26.5. The van der Waals surface area contributed by atoms with Gasteiger partial charge in [0.05, 0.1) is 12.6 Å². The molecule has 1 saturated carbocycles. The smallest absolute Gasteiger partial charge is 0.270 e. The Kier molecular flexibility index (Phi) is 4.63. The SMILES string of the molecule is COC[C@@H]1CC2(CCN(CC3CC3)CC2)CN1C(=O)c1cccn1C. The largest absolute Gasteiger partial charge is 0.383 e. The molecule has 2 saturated heterocycles. The van der Waals surface area contributed by atoms with Crippen molar-refractivity contribution in [2.75, 3.05) is 39.9 Å². The summed E-state index contributed by atoms with van der Waals surface area (Å²) in [5.74, 6) is 1.13. The van der Waals surface area contributed by atoms with E-state index in [1.807, 2.05) is 29.9 Å². The number of methoxy groups -OCH3 is 1. The highest BCUT2D eigenvalue weighted by molar-refractivity contribution is 5.93. The zero-order valence-corrected chi connectivity index (χ0v) is 15.6. The van der Waals surface area contributed by atoms with Gasteiger partial charge in [-0.15, -0.1) is 0 Å². The molecule has 0 unspecified atom stereocenters. The first-order chi connectivity index (χ1) is 12.1. The molecule has 138 valence electrons. The van der Waals surface area contributed by atoms with Crippen LogP contribution in [0.25, 0.3) is 0 Å². The number of rotatable bonds is 5. The van der Waals surface area contributed by atoms with Gasteiger partial charge in [-0.1, -0.05) is 0 Å². The predicted octanol–water partition coefficient (Wildman–Crippen LogP) is 2.38. The van der Waals surface area contributed by atoms with Gasteiger partial charge in [0.2, 0.25) is 0 Å². The summed E-state index contributed by atoms with van der Waals surface area (Å²) in [7, 11) is 3.69. The van der Waals surface area contributed by atoms with Crippen LogP contribution in [-0.2, 0) is 11.8 Å². The van der Waals surface area contributed by atoms with E-state index in [0.29, 0.717) is 12.0 Å². The van der Waals surface area contributed by atoms with Crippen LogP contribution >= 0.6 is 0 Å². The summed E-state index contributed by atoms with van der Waals surface area (Å²) >= 11 is 0. The van der Waals surface area contributed by atoms with Crippen molar-refractivity contribution in [2.24, 2.45) is 18.4 Å². The fourth-order valence-corrected chi connectivity index (χ4v) is 4.81. The number of nitrogens with zero attached hydrogens (tertiary/aromatic N) is 3. The van der Waals surface area contributed by atoms with Gasteiger partial charge in [-0.25, -0.2) is 0 Å². The zero-order valence-electron chi connectivity index (χ0n) is 15.6. The molecule has 2 aliphatic heterocycles. The van der Waals surface area contributed by atoms with E-state index in [-0.39, 0.29) is 11.9 Å². The van der Waals surface area contributed by atoms with Crippen LogP contribution in [0.3, 0.4) is 0 Å². The first kappa shape index (κ1) is 17.1. The van der Waals surface area contributed by atoms with Gasteiger partial charge in [0.1, 0.15) is 5.69 Å². The summed E-state index contributed by atoms with van der Waals surface area (Å²) in [6.45, 7) is 5.22. The number of aromatic nitrogens is 1. The number of carbonyl (C=O) groups is 1. The topological polar surface area (TPSA) is 37.7 Å². The number of hydrogen-bond donors (Lipinski definition) is 0. The summed E-state index contributed by atoms with van der Waals surface area (Å²) in [4.78, 5) is 17.8. The van der Waals surface area contributed by atoms with Gasteiger partial charge < -0.3 is 19.1 Å². The van der Waals surface area contributed by atoms with Crippen molar-refractivity contribution in [2.45, 2.75) is 38.1 Å². The van der Waals surface area contributed by atoms with Gasteiger partial charge in [-0.2, -0.15) is 0 Å². The van der Waals surface area contributed by atoms with Gasteiger partial charge >= 0.3 is 0 Å². The minimum atomic E-state index is 0.159. The molecule has 0 N–H and O–H groups in total. The zero-order chi connectivity index (χ0) is 17.4. The van der Waals surface area contributed by atoms with Crippen molar-refractivity contribution in [1.29, 1.82) is 0 Å². The maximum absolute atomic E-state index is 13.1. The summed E-state index contributed by atoms with van der Waals surface area (Å²) in [5.41, 5.74) is 1.08. The minimum Gasteiger partial charge on any atom is -0.383 e. The van der Waals surface area contributed by atoms with Crippen LogP contribution in [0.1, 0.15) is 42.6 Å². The Morgan fingerprint density at radius 3 is 2.68 bits per heavy atom. The fraction of sp³-hybridized carbons (Fsp3) is 0.750. The van der Waals surface area contributed by atoms with Crippen molar-refractivity contribution in [1.82, 2.24) is 14.4 Å². The Labute approximate surface area is 150 Å². The summed E-state index contributed by atoms with van der Waals surface area (Å²) in [5, 5.41) is 0. The molecule has 1 aromatic heterocycles. The van der Waals surface area contributed by atoms with Crippen molar-refractivity contribution in [3.63, 3.8) is 0 Å². The number of likely N-dealkylation sites (tertiary alicyclic amines) is 2. The summed E-state index contributed by atoms with van der Waals surface area (Å²) < 4.78 is 7.38. The molecule has 1 atom stereocenters. The fourth-order valence-electron chi connectivity index (χ4n) is 4.81. The van der Waals surface area contributed by atoms with Crippen LogP contribution < -0.4 is 0 Å². The van der Waals surface area contributed by atoms with E-state index in [2.05, 4.69) is 9.80 Å². The van der Waals surface area contributed by atoms with Crippen molar-refractivity contribution in [3.05, 3.63) is 24.0 Å². The molecule has 5 nitrogen and oxygen atoms in total. The highest BCUT2D eigenvalue weighted by Crippen LogP contribution is 2.44. The number of aryl methyl sites for hydroxylation is 1. The van der Waals surface area contributed by atoms with E-state index in [0.717, 1.165) is 24.6 Å². The quantitative estimate of drug-likeness (QED) is 0.822. The maximum atomic E-state index is 13.1. The molecular formula is C20H31N3O2. The molecule has 5 heteroatoms. The Morgan fingerprint density at radius 1 is 1.32 bits per heavy atom. The Bertz CT molecular complexity index is 614. The highest BCUT2D eigenvalue weighted by Gasteiger charge is 2.47. The van der Waals surface area contributed by atoms with Crippen LogP contribution in [-0.4, -0.2) is 66.2 Å². The van der Waals surface area contributed by atoms with E-state index in [1.165, 1.54) is 45.3 Å². The molecule has 1 aromatic rings. The number of hydrogen-bond acceptors (Lipinski definition) is 3. The lowest BCUT2D eigenvalue weighted by molar-refractivity contribution is 0.0601. The summed E-state index contributed by atoms with van der Waals surface area (Å²) in [6, 6.07) is 4.08. The minimum absolute atomic E-state index is 0.159. The van der Waals surface area contributed by atoms with E-state index in [1.54, 1.807) is 7.11 Å². The second-order valence-corrected chi connectivity index (χ2v) is 8.49. The maximum Gasteiger partial charge on any atom is 0.270 e.